The minimum Gasteiger partial charge on any atom is -0.391 e. The Morgan fingerprint density at radius 2 is 2.27 bits per heavy atom. The molecule has 0 saturated heterocycles. The second-order valence-corrected chi connectivity index (χ2v) is 5.10. The molecule has 0 radical (unpaired) electrons. The molecule has 7 nitrogen and oxygen atoms in total. The number of urea groups is 1. The van der Waals surface area contributed by atoms with Crippen LogP contribution in [0.15, 0.2) is 24.3 Å². The molecule has 2 aromatic rings. The summed E-state index contributed by atoms with van der Waals surface area (Å²) in [6.45, 7) is 4.05. The van der Waals surface area contributed by atoms with Gasteiger partial charge in [-0.15, -0.1) is 0 Å². The highest BCUT2D eigenvalue weighted by Gasteiger charge is 2.08. The Bertz CT molecular complexity index is 626. The number of amides is 2. The van der Waals surface area contributed by atoms with E-state index in [2.05, 4.69) is 25.8 Å². The molecule has 22 heavy (non-hydrogen) atoms. The van der Waals surface area contributed by atoms with Crippen molar-refractivity contribution in [2.24, 2.45) is 0 Å². The molecular formula is C15H21N5O2. The summed E-state index contributed by atoms with van der Waals surface area (Å²) < 4.78 is 0. The third-order valence-electron chi connectivity index (χ3n) is 3.10. The Kier molecular flexibility index (Phi) is 5.48. The van der Waals surface area contributed by atoms with Crippen molar-refractivity contribution >= 4 is 11.7 Å². The Morgan fingerprint density at radius 3 is 2.95 bits per heavy atom. The van der Waals surface area contributed by atoms with Gasteiger partial charge in [0.25, 0.3) is 0 Å². The summed E-state index contributed by atoms with van der Waals surface area (Å²) in [6, 6.07) is 6.92. The van der Waals surface area contributed by atoms with E-state index in [9.17, 15) is 9.90 Å². The van der Waals surface area contributed by atoms with E-state index in [0.717, 1.165) is 17.8 Å². The SMILES string of the molecule is CCCC(O)CNC(=O)Nc1cccc(-c2n[nH]c(C)n2)c1. The highest BCUT2D eigenvalue weighted by atomic mass is 16.3. The summed E-state index contributed by atoms with van der Waals surface area (Å²) >= 11 is 0. The second-order valence-electron chi connectivity index (χ2n) is 5.10. The van der Waals surface area contributed by atoms with Gasteiger partial charge in [-0.25, -0.2) is 9.78 Å². The molecule has 1 aromatic heterocycles. The van der Waals surface area contributed by atoms with Crippen LogP contribution in [-0.4, -0.2) is 39.0 Å². The van der Waals surface area contributed by atoms with Crippen LogP contribution < -0.4 is 10.6 Å². The fourth-order valence-electron chi connectivity index (χ4n) is 2.03. The van der Waals surface area contributed by atoms with Crippen LogP contribution in [0.1, 0.15) is 25.6 Å². The van der Waals surface area contributed by atoms with Crippen molar-refractivity contribution in [3.05, 3.63) is 30.1 Å². The number of hydrogen-bond donors (Lipinski definition) is 4. The first-order chi connectivity index (χ1) is 10.6. The predicted octanol–water partition coefficient (Wildman–Crippen LogP) is 2.06. The largest absolute Gasteiger partial charge is 0.391 e. The molecule has 118 valence electrons. The third-order valence-corrected chi connectivity index (χ3v) is 3.10. The molecule has 0 aliphatic carbocycles. The van der Waals surface area contributed by atoms with Crippen molar-refractivity contribution in [3.8, 4) is 11.4 Å². The van der Waals surface area contributed by atoms with E-state index in [-0.39, 0.29) is 12.6 Å². The first-order valence-electron chi connectivity index (χ1n) is 7.31. The van der Waals surface area contributed by atoms with Crippen molar-refractivity contribution < 1.29 is 9.90 Å². The van der Waals surface area contributed by atoms with Gasteiger partial charge in [0.15, 0.2) is 5.82 Å². The quantitative estimate of drug-likeness (QED) is 0.656. The lowest BCUT2D eigenvalue weighted by Gasteiger charge is -2.12. The van der Waals surface area contributed by atoms with Crippen LogP contribution in [0.4, 0.5) is 10.5 Å². The maximum absolute atomic E-state index is 11.8. The van der Waals surface area contributed by atoms with E-state index in [1.807, 2.05) is 26.0 Å². The number of anilines is 1. The van der Waals surface area contributed by atoms with E-state index in [1.165, 1.54) is 0 Å². The van der Waals surface area contributed by atoms with Gasteiger partial charge in [0.1, 0.15) is 5.82 Å². The number of hydrogen-bond acceptors (Lipinski definition) is 4. The number of rotatable bonds is 6. The number of carbonyl (C=O) groups excluding carboxylic acids is 1. The molecule has 1 aromatic carbocycles. The zero-order valence-electron chi connectivity index (χ0n) is 12.8. The van der Waals surface area contributed by atoms with E-state index in [4.69, 9.17) is 0 Å². The minimum atomic E-state index is -0.515. The standard InChI is InChI=1S/C15H21N5O2/c1-3-5-13(21)9-16-15(22)18-12-7-4-6-11(8-12)14-17-10(2)19-20-14/h4,6-8,13,21H,3,5,9H2,1-2H3,(H2,16,18,22)(H,17,19,20). The summed E-state index contributed by atoms with van der Waals surface area (Å²) in [5, 5.41) is 21.8. The molecule has 0 aliphatic rings. The molecule has 0 aliphatic heterocycles. The molecule has 2 amide bonds. The van der Waals surface area contributed by atoms with E-state index in [0.29, 0.717) is 17.9 Å². The summed E-state index contributed by atoms with van der Waals surface area (Å²) in [5.41, 5.74) is 1.45. The monoisotopic (exact) mass is 303 g/mol. The van der Waals surface area contributed by atoms with Gasteiger partial charge in [0.2, 0.25) is 0 Å². The van der Waals surface area contributed by atoms with Crippen molar-refractivity contribution in [1.82, 2.24) is 20.5 Å². The lowest BCUT2D eigenvalue weighted by molar-refractivity contribution is 0.162. The Morgan fingerprint density at radius 1 is 1.45 bits per heavy atom. The number of nitrogens with zero attached hydrogens (tertiary/aromatic N) is 2. The molecule has 1 unspecified atom stereocenters. The lowest BCUT2D eigenvalue weighted by Crippen LogP contribution is -2.35. The maximum atomic E-state index is 11.8. The molecule has 1 atom stereocenters. The summed E-state index contributed by atoms with van der Waals surface area (Å²) in [6.07, 6.45) is 1.03. The zero-order chi connectivity index (χ0) is 15.9. The van der Waals surface area contributed by atoms with E-state index < -0.39 is 6.10 Å². The number of nitrogens with one attached hydrogen (secondary N) is 3. The smallest absolute Gasteiger partial charge is 0.319 e. The molecule has 0 saturated carbocycles. The van der Waals surface area contributed by atoms with Crippen LogP contribution in [0.3, 0.4) is 0 Å². The van der Waals surface area contributed by atoms with Gasteiger partial charge in [0.05, 0.1) is 6.10 Å². The number of aromatic nitrogens is 3. The fraction of sp³-hybridized carbons (Fsp3) is 0.400. The first kappa shape index (κ1) is 16.0. The number of H-pyrrole nitrogens is 1. The van der Waals surface area contributed by atoms with Crippen LogP contribution in [0.2, 0.25) is 0 Å². The number of aromatic amines is 1. The van der Waals surface area contributed by atoms with Crippen LogP contribution in [-0.2, 0) is 0 Å². The zero-order valence-corrected chi connectivity index (χ0v) is 12.8. The number of aliphatic hydroxyl groups is 1. The number of aryl methyl sites for hydroxylation is 1. The van der Waals surface area contributed by atoms with Gasteiger partial charge in [-0.1, -0.05) is 25.5 Å². The second kappa shape index (κ2) is 7.56. The summed E-state index contributed by atoms with van der Waals surface area (Å²) in [7, 11) is 0. The van der Waals surface area contributed by atoms with Crippen molar-refractivity contribution in [2.75, 3.05) is 11.9 Å². The Balaban J connectivity index is 1.94. The molecular weight excluding hydrogens is 282 g/mol. The molecule has 7 heteroatoms. The van der Waals surface area contributed by atoms with Gasteiger partial charge < -0.3 is 15.7 Å². The highest BCUT2D eigenvalue weighted by Crippen LogP contribution is 2.19. The molecule has 4 N–H and O–H groups in total. The average Bonchev–Trinajstić information content (AvgIpc) is 2.92. The van der Waals surface area contributed by atoms with Gasteiger partial charge in [-0.3, -0.25) is 5.10 Å². The Labute approximate surface area is 129 Å². The summed E-state index contributed by atoms with van der Waals surface area (Å²) in [4.78, 5) is 16.1. The third kappa shape index (κ3) is 4.56. The lowest BCUT2D eigenvalue weighted by atomic mass is 10.2. The number of aliphatic hydroxyl groups excluding tert-OH is 1. The van der Waals surface area contributed by atoms with Crippen molar-refractivity contribution in [1.29, 1.82) is 0 Å². The summed E-state index contributed by atoms with van der Waals surface area (Å²) in [5.74, 6) is 1.32. The van der Waals surface area contributed by atoms with Gasteiger partial charge in [0, 0.05) is 17.8 Å². The van der Waals surface area contributed by atoms with E-state index in [1.54, 1.807) is 12.1 Å². The normalized spacial score (nSPS) is 12.0. The molecule has 2 rings (SSSR count). The number of benzene rings is 1. The highest BCUT2D eigenvalue weighted by molar-refractivity contribution is 5.89. The van der Waals surface area contributed by atoms with Crippen molar-refractivity contribution in [3.63, 3.8) is 0 Å². The Hall–Kier alpha value is -2.41. The molecule has 0 bridgehead atoms. The topological polar surface area (TPSA) is 103 Å². The number of carbonyl (C=O) groups is 1. The van der Waals surface area contributed by atoms with Crippen LogP contribution in [0.5, 0.6) is 0 Å². The average molecular weight is 303 g/mol. The van der Waals surface area contributed by atoms with Gasteiger partial charge in [-0.2, -0.15) is 5.10 Å². The molecule has 0 fully saturated rings. The fourth-order valence-corrected chi connectivity index (χ4v) is 2.03. The predicted molar refractivity (Wildman–Crippen MR) is 84.5 cm³/mol. The van der Waals surface area contributed by atoms with Crippen molar-refractivity contribution in [2.45, 2.75) is 32.8 Å². The molecule has 1 heterocycles. The van der Waals surface area contributed by atoms with Crippen LogP contribution >= 0.6 is 0 Å². The first-order valence-corrected chi connectivity index (χ1v) is 7.31. The molecule has 0 spiro atoms. The van der Waals surface area contributed by atoms with Crippen LogP contribution in [0, 0.1) is 6.92 Å². The maximum Gasteiger partial charge on any atom is 0.319 e. The van der Waals surface area contributed by atoms with Gasteiger partial charge >= 0.3 is 6.03 Å². The van der Waals surface area contributed by atoms with Crippen LogP contribution in [0.25, 0.3) is 11.4 Å². The minimum absolute atomic E-state index is 0.236. The van der Waals surface area contributed by atoms with E-state index >= 15 is 0 Å². The van der Waals surface area contributed by atoms with Gasteiger partial charge in [-0.05, 0) is 25.5 Å².